The second-order valence-electron chi connectivity index (χ2n) is 3.59. The van der Waals surface area contributed by atoms with Crippen LogP contribution in [0.25, 0.3) is 0 Å². The number of anilines is 2. The highest BCUT2D eigenvalue weighted by atomic mass is 15.2. The lowest BCUT2D eigenvalue weighted by Crippen LogP contribution is -2.26. The molecule has 1 aromatic rings. The fraction of sp³-hybridized carbons (Fsp3) is 0.400. The summed E-state index contributed by atoms with van der Waals surface area (Å²) in [7, 11) is 0. The SMILES string of the molecule is Nc1ccc(N2CCC(N)C2)cc1. The van der Waals surface area contributed by atoms with E-state index in [1.54, 1.807) is 0 Å². The second-order valence-corrected chi connectivity index (χ2v) is 3.59. The van der Waals surface area contributed by atoms with E-state index in [-0.39, 0.29) is 0 Å². The molecule has 1 aromatic carbocycles. The molecule has 1 heterocycles. The van der Waals surface area contributed by atoms with Crippen molar-refractivity contribution in [1.82, 2.24) is 0 Å². The average molecular weight is 177 g/mol. The summed E-state index contributed by atoms with van der Waals surface area (Å²) in [5.74, 6) is 0. The molecule has 1 fully saturated rings. The molecule has 70 valence electrons. The van der Waals surface area contributed by atoms with Crippen molar-refractivity contribution in [2.75, 3.05) is 23.7 Å². The fourth-order valence-corrected chi connectivity index (χ4v) is 1.71. The third kappa shape index (κ3) is 1.75. The molecule has 0 radical (unpaired) electrons. The van der Waals surface area contributed by atoms with Crippen LogP contribution in [0.3, 0.4) is 0 Å². The highest BCUT2D eigenvalue weighted by Crippen LogP contribution is 2.20. The van der Waals surface area contributed by atoms with Crippen molar-refractivity contribution in [3.05, 3.63) is 24.3 Å². The summed E-state index contributed by atoms with van der Waals surface area (Å²) in [6.07, 6.45) is 1.09. The van der Waals surface area contributed by atoms with Crippen LogP contribution in [-0.4, -0.2) is 19.1 Å². The van der Waals surface area contributed by atoms with E-state index in [1.807, 2.05) is 24.3 Å². The summed E-state index contributed by atoms with van der Waals surface area (Å²) in [6.45, 7) is 2.02. The van der Waals surface area contributed by atoms with Crippen LogP contribution in [0.1, 0.15) is 6.42 Å². The van der Waals surface area contributed by atoms with E-state index >= 15 is 0 Å². The van der Waals surface area contributed by atoms with Crippen molar-refractivity contribution >= 4 is 11.4 Å². The molecule has 3 nitrogen and oxygen atoms in total. The van der Waals surface area contributed by atoms with Crippen molar-refractivity contribution in [3.63, 3.8) is 0 Å². The molecule has 4 N–H and O–H groups in total. The van der Waals surface area contributed by atoms with Gasteiger partial charge in [-0.15, -0.1) is 0 Å². The maximum absolute atomic E-state index is 5.83. The maximum Gasteiger partial charge on any atom is 0.0368 e. The van der Waals surface area contributed by atoms with Gasteiger partial charge in [0, 0.05) is 30.5 Å². The van der Waals surface area contributed by atoms with Gasteiger partial charge >= 0.3 is 0 Å². The van der Waals surface area contributed by atoms with Crippen molar-refractivity contribution in [1.29, 1.82) is 0 Å². The number of nitrogens with two attached hydrogens (primary N) is 2. The third-order valence-electron chi connectivity index (χ3n) is 2.48. The van der Waals surface area contributed by atoms with Crippen LogP contribution in [0, 0.1) is 0 Å². The van der Waals surface area contributed by atoms with Crippen molar-refractivity contribution in [2.45, 2.75) is 12.5 Å². The zero-order valence-electron chi connectivity index (χ0n) is 7.61. The van der Waals surface area contributed by atoms with Gasteiger partial charge in [0.15, 0.2) is 0 Å². The van der Waals surface area contributed by atoms with E-state index in [2.05, 4.69) is 4.90 Å². The number of benzene rings is 1. The first-order valence-electron chi connectivity index (χ1n) is 4.62. The predicted octanol–water partition coefficient (Wildman–Crippen LogP) is 0.806. The third-order valence-corrected chi connectivity index (χ3v) is 2.48. The molecular formula is C10H15N3. The normalized spacial score (nSPS) is 22.2. The Kier molecular flexibility index (Phi) is 2.10. The van der Waals surface area contributed by atoms with Gasteiger partial charge in [-0.2, -0.15) is 0 Å². The Morgan fingerprint density at radius 2 is 1.92 bits per heavy atom. The Bertz CT molecular complexity index is 281. The minimum Gasteiger partial charge on any atom is -0.399 e. The van der Waals surface area contributed by atoms with E-state index in [1.165, 1.54) is 5.69 Å². The van der Waals surface area contributed by atoms with Gasteiger partial charge in [-0.25, -0.2) is 0 Å². The van der Waals surface area contributed by atoms with E-state index in [0.29, 0.717) is 6.04 Å². The molecule has 1 aliphatic heterocycles. The van der Waals surface area contributed by atoms with Crippen LogP contribution >= 0.6 is 0 Å². The van der Waals surface area contributed by atoms with Gasteiger partial charge in [-0.3, -0.25) is 0 Å². The molecular weight excluding hydrogens is 162 g/mol. The van der Waals surface area contributed by atoms with Gasteiger partial charge in [-0.1, -0.05) is 0 Å². The summed E-state index contributed by atoms with van der Waals surface area (Å²) in [6, 6.07) is 8.29. The van der Waals surface area contributed by atoms with Gasteiger partial charge in [0.25, 0.3) is 0 Å². The first-order chi connectivity index (χ1) is 6.25. The lowest BCUT2D eigenvalue weighted by atomic mass is 10.2. The molecule has 0 bridgehead atoms. The molecule has 0 aliphatic carbocycles. The number of hydrogen-bond acceptors (Lipinski definition) is 3. The van der Waals surface area contributed by atoms with Crippen molar-refractivity contribution in [2.24, 2.45) is 5.73 Å². The van der Waals surface area contributed by atoms with Crippen molar-refractivity contribution < 1.29 is 0 Å². The Morgan fingerprint density at radius 3 is 2.46 bits per heavy atom. The van der Waals surface area contributed by atoms with Crippen LogP contribution in [-0.2, 0) is 0 Å². The van der Waals surface area contributed by atoms with E-state index in [4.69, 9.17) is 11.5 Å². The number of nitrogens with zero attached hydrogens (tertiary/aromatic N) is 1. The van der Waals surface area contributed by atoms with Gasteiger partial charge in [0.2, 0.25) is 0 Å². The zero-order chi connectivity index (χ0) is 9.26. The van der Waals surface area contributed by atoms with E-state index in [0.717, 1.165) is 25.2 Å². The maximum atomic E-state index is 5.83. The molecule has 1 aliphatic rings. The monoisotopic (exact) mass is 177 g/mol. The van der Waals surface area contributed by atoms with E-state index < -0.39 is 0 Å². The highest BCUT2D eigenvalue weighted by molar-refractivity contribution is 5.53. The van der Waals surface area contributed by atoms with Gasteiger partial charge < -0.3 is 16.4 Å². The second kappa shape index (κ2) is 3.26. The number of rotatable bonds is 1. The van der Waals surface area contributed by atoms with Gasteiger partial charge in [0.05, 0.1) is 0 Å². The zero-order valence-corrected chi connectivity index (χ0v) is 7.61. The van der Waals surface area contributed by atoms with Crippen LogP contribution in [0.5, 0.6) is 0 Å². The smallest absolute Gasteiger partial charge is 0.0368 e. The molecule has 0 saturated carbocycles. The lowest BCUT2D eigenvalue weighted by Gasteiger charge is -2.17. The summed E-state index contributed by atoms with van der Waals surface area (Å²) < 4.78 is 0. The van der Waals surface area contributed by atoms with Crippen LogP contribution in [0.4, 0.5) is 11.4 Å². The van der Waals surface area contributed by atoms with Crippen LogP contribution < -0.4 is 16.4 Å². The Balaban J connectivity index is 2.13. The fourth-order valence-electron chi connectivity index (χ4n) is 1.71. The molecule has 13 heavy (non-hydrogen) atoms. The lowest BCUT2D eigenvalue weighted by molar-refractivity contribution is 0.752. The summed E-state index contributed by atoms with van der Waals surface area (Å²) in [4.78, 5) is 2.30. The van der Waals surface area contributed by atoms with Gasteiger partial charge in [-0.05, 0) is 30.7 Å². The quantitative estimate of drug-likeness (QED) is 0.624. The summed E-state index contributed by atoms with van der Waals surface area (Å²) >= 11 is 0. The predicted molar refractivity (Wildman–Crippen MR) is 55.7 cm³/mol. The molecule has 0 aromatic heterocycles. The Labute approximate surface area is 78.3 Å². The summed E-state index contributed by atoms with van der Waals surface area (Å²) in [5.41, 5.74) is 13.5. The average Bonchev–Trinajstić information content (AvgIpc) is 2.53. The first-order valence-corrected chi connectivity index (χ1v) is 4.62. The molecule has 1 saturated heterocycles. The highest BCUT2D eigenvalue weighted by Gasteiger charge is 2.18. The molecule has 0 spiro atoms. The van der Waals surface area contributed by atoms with Crippen LogP contribution in [0.2, 0.25) is 0 Å². The molecule has 1 unspecified atom stereocenters. The van der Waals surface area contributed by atoms with Gasteiger partial charge in [0.1, 0.15) is 0 Å². The Hall–Kier alpha value is -1.22. The summed E-state index contributed by atoms with van der Waals surface area (Å²) in [5, 5.41) is 0. The van der Waals surface area contributed by atoms with Crippen molar-refractivity contribution in [3.8, 4) is 0 Å². The van der Waals surface area contributed by atoms with E-state index in [9.17, 15) is 0 Å². The molecule has 2 rings (SSSR count). The minimum atomic E-state index is 0.331. The minimum absolute atomic E-state index is 0.331. The molecule has 3 heteroatoms. The molecule has 0 amide bonds. The first kappa shape index (κ1) is 8.38. The Morgan fingerprint density at radius 1 is 1.23 bits per heavy atom. The number of nitrogen functional groups attached to an aromatic ring is 1. The standard InChI is InChI=1S/C10H15N3/c11-8-1-3-10(4-2-8)13-6-5-9(12)7-13/h1-4,9H,5-7,11-12H2. The topological polar surface area (TPSA) is 55.3 Å². The van der Waals surface area contributed by atoms with Crippen LogP contribution in [0.15, 0.2) is 24.3 Å². The molecule has 1 atom stereocenters. The largest absolute Gasteiger partial charge is 0.399 e. The number of hydrogen-bond donors (Lipinski definition) is 2.